The molecule has 0 spiro atoms. The molecule has 0 aliphatic carbocycles. The molecular weight excluding hydrogens is 186 g/mol. The van der Waals surface area contributed by atoms with Crippen molar-refractivity contribution in [3.05, 3.63) is 15.8 Å². The number of hydrogen-bond acceptors (Lipinski definition) is 4. The second-order valence-corrected chi connectivity index (χ2v) is 4.15. The van der Waals surface area contributed by atoms with Crippen LogP contribution < -0.4 is 10.1 Å². The summed E-state index contributed by atoms with van der Waals surface area (Å²) in [4.78, 5) is 2.05. The van der Waals surface area contributed by atoms with Gasteiger partial charge in [-0.3, -0.25) is 0 Å². The molecule has 0 saturated heterocycles. The van der Waals surface area contributed by atoms with E-state index in [0.717, 1.165) is 15.5 Å². The van der Waals surface area contributed by atoms with Crippen LogP contribution in [0.3, 0.4) is 0 Å². The van der Waals surface area contributed by atoms with Crippen molar-refractivity contribution in [3.63, 3.8) is 0 Å². The quantitative estimate of drug-likeness (QED) is 0.772. The molecule has 0 aromatic carbocycles. The molecule has 2 N–H and O–H groups in total. The van der Waals surface area contributed by atoms with Crippen molar-refractivity contribution in [1.29, 1.82) is 0 Å². The summed E-state index contributed by atoms with van der Waals surface area (Å²) in [5.41, 5.74) is 0. The van der Waals surface area contributed by atoms with Gasteiger partial charge in [-0.15, -0.1) is 11.3 Å². The molecule has 0 bridgehead atoms. The topological polar surface area (TPSA) is 41.5 Å². The minimum Gasteiger partial charge on any atom is -0.495 e. The molecule has 3 nitrogen and oxygen atoms in total. The van der Waals surface area contributed by atoms with E-state index in [4.69, 9.17) is 4.74 Å². The number of nitrogens with one attached hydrogen (secondary N) is 1. The van der Waals surface area contributed by atoms with Crippen LogP contribution in [0.15, 0.2) is 6.07 Å². The number of rotatable bonds is 4. The molecule has 0 saturated carbocycles. The Morgan fingerprint density at radius 2 is 2.38 bits per heavy atom. The number of methoxy groups -OCH3 is 1. The molecule has 1 aromatic heterocycles. The van der Waals surface area contributed by atoms with Crippen LogP contribution in [0.2, 0.25) is 0 Å². The number of hydrogen-bond donors (Lipinski definition) is 2. The maximum absolute atomic E-state index is 9.71. The zero-order valence-corrected chi connectivity index (χ0v) is 8.94. The lowest BCUT2D eigenvalue weighted by atomic mass is 10.2. The summed E-state index contributed by atoms with van der Waals surface area (Å²) in [5.74, 6) is 0.783. The van der Waals surface area contributed by atoms with E-state index in [-0.39, 0.29) is 0 Å². The van der Waals surface area contributed by atoms with Crippen molar-refractivity contribution < 1.29 is 9.84 Å². The number of aryl methyl sites for hydroxylation is 1. The summed E-state index contributed by atoms with van der Waals surface area (Å²) < 4.78 is 5.16. The second kappa shape index (κ2) is 4.60. The molecule has 4 heteroatoms. The Morgan fingerprint density at radius 3 is 2.92 bits per heavy atom. The Balaban J connectivity index is 2.84. The Bertz CT molecular complexity index is 273. The van der Waals surface area contributed by atoms with Crippen LogP contribution >= 0.6 is 11.3 Å². The normalized spacial score (nSPS) is 12.9. The van der Waals surface area contributed by atoms with Gasteiger partial charge in [-0.25, -0.2) is 0 Å². The fourth-order valence-electron chi connectivity index (χ4n) is 1.19. The molecule has 1 rings (SSSR count). The SMILES string of the molecule is CNCC(O)c1sc(C)cc1OC. The van der Waals surface area contributed by atoms with Crippen molar-refractivity contribution in [2.75, 3.05) is 20.7 Å². The molecule has 0 aliphatic heterocycles. The highest BCUT2D eigenvalue weighted by Gasteiger charge is 2.15. The first-order valence-electron chi connectivity index (χ1n) is 4.16. The number of aliphatic hydroxyl groups excluding tert-OH is 1. The summed E-state index contributed by atoms with van der Waals surface area (Å²) in [5, 5.41) is 12.6. The molecule has 1 unspecified atom stereocenters. The standard InChI is InChI=1S/C9H15NO2S/c1-6-4-8(12-3)9(13-6)7(11)5-10-2/h4,7,10-11H,5H2,1-3H3. The fraction of sp³-hybridized carbons (Fsp3) is 0.556. The third-order valence-electron chi connectivity index (χ3n) is 1.77. The summed E-state index contributed by atoms with van der Waals surface area (Å²) in [7, 11) is 3.44. The molecule has 1 atom stereocenters. The summed E-state index contributed by atoms with van der Waals surface area (Å²) in [6.45, 7) is 2.55. The van der Waals surface area contributed by atoms with Gasteiger partial charge < -0.3 is 15.2 Å². The van der Waals surface area contributed by atoms with Crippen LogP contribution in [-0.4, -0.2) is 25.8 Å². The van der Waals surface area contributed by atoms with Gasteiger partial charge in [0, 0.05) is 11.4 Å². The van der Waals surface area contributed by atoms with Crippen LogP contribution in [0, 0.1) is 6.92 Å². The Kier molecular flexibility index (Phi) is 3.71. The van der Waals surface area contributed by atoms with Crippen molar-refractivity contribution in [2.24, 2.45) is 0 Å². The lowest BCUT2D eigenvalue weighted by Crippen LogP contribution is -2.16. The van der Waals surface area contributed by atoms with Crippen LogP contribution in [0.4, 0.5) is 0 Å². The third kappa shape index (κ3) is 2.43. The third-order valence-corrected chi connectivity index (χ3v) is 2.90. The largest absolute Gasteiger partial charge is 0.495 e. The Labute approximate surface area is 82.4 Å². The van der Waals surface area contributed by atoms with E-state index in [1.807, 2.05) is 20.0 Å². The predicted molar refractivity (Wildman–Crippen MR) is 54.5 cm³/mol. The molecule has 0 radical (unpaired) electrons. The maximum atomic E-state index is 9.71. The summed E-state index contributed by atoms with van der Waals surface area (Å²) >= 11 is 1.57. The van der Waals surface area contributed by atoms with Crippen molar-refractivity contribution >= 4 is 11.3 Å². The van der Waals surface area contributed by atoms with Crippen LogP contribution in [-0.2, 0) is 0 Å². The van der Waals surface area contributed by atoms with Gasteiger partial charge in [0.1, 0.15) is 11.9 Å². The van der Waals surface area contributed by atoms with Gasteiger partial charge in [0.2, 0.25) is 0 Å². The van der Waals surface area contributed by atoms with E-state index >= 15 is 0 Å². The van der Waals surface area contributed by atoms with Crippen molar-refractivity contribution in [2.45, 2.75) is 13.0 Å². The van der Waals surface area contributed by atoms with Gasteiger partial charge in [0.15, 0.2) is 0 Å². The monoisotopic (exact) mass is 201 g/mol. The number of likely N-dealkylation sites (N-methyl/N-ethyl adjacent to an activating group) is 1. The lowest BCUT2D eigenvalue weighted by molar-refractivity contribution is 0.177. The molecular formula is C9H15NO2S. The van der Waals surface area contributed by atoms with Gasteiger partial charge in [0.05, 0.1) is 12.0 Å². The van der Waals surface area contributed by atoms with Gasteiger partial charge in [0.25, 0.3) is 0 Å². The van der Waals surface area contributed by atoms with E-state index in [1.54, 1.807) is 18.4 Å². The predicted octanol–water partition coefficient (Wildman–Crippen LogP) is 1.32. The van der Waals surface area contributed by atoms with E-state index in [0.29, 0.717) is 6.54 Å². The summed E-state index contributed by atoms with van der Waals surface area (Å²) in [6.07, 6.45) is -0.473. The molecule has 0 fully saturated rings. The highest BCUT2D eigenvalue weighted by Crippen LogP contribution is 2.33. The van der Waals surface area contributed by atoms with Gasteiger partial charge >= 0.3 is 0 Å². The van der Waals surface area contributed by atoms with Crippen molar-refractivity contribution in [1.82, 2.24) is 5.32 Å². The van der Waals surface area contributed by atoms with Crippen molar-refractivity contribution in [3.8, 4) is 5.75 Å². The van der Waals surface area contributed by atoms with Crippen LogP contribution in [0.25, 0.3) is 0 Å². The maximum Gasteiger partial charge on any atom is 0.135 e. The van der Waals surface area contributed by atoms with Gasteiger partial charge in [-0.05, 0) is 20.0 Å². The van der Waals surface area contributed by atoms with E-state index < -0.39 is 6.10 Å². The van der Waals surface area contributed by atoms with Gasteiger partial charge in [-0.2, -0.15) is 0 Å². The molecule has 1 heterocycles. The lowest BCUT2D eigenvalue weighted by Gasteiger charge is -2.09. The minimum atomic E-state index is -0.473. The molecule has 1 aromatic rings. The zero-order valence-electron chi connectivity index (χ0n) is 8.13. The van der Waals surface area contributed by atoms with E-state index in [9.17, 15) is 5.11 Å². The second-order valence-electron chi connectivity index (χ2n) is 2.86. The molecule has 74 valence electrons. The Morgan fingerprint density at radius 1 is 1.69 bits per heavy atom. The first-order chi connectivity index (χ1) is 6.19. The van der Waals surface area contributed by atoms with Crippen LogP contribution in [0.5, 0.6) is 5.75 Å². The first-order valence-corrected chi connectivity index (χ1v) is 4.97. The highest BCUT2D eigenvalue weighted by molar-refractivity contribution is 7.12. The molecule has 0 aliphatic rings. The average Bonchev–Trinajstić information content (AvgIpc) is 2.47. The number of ether oxygens (including phenoxy) is 1. The average molecular weight is 201 g/mol. The Hall–Kier alpha value is -0.580. The minimum absolute atomic E-state index is 0.473. The van der Waals surface area contributed by atoms with E-state index in [1.165, 1.54) is 0 Å². The van der Waals surface area contributed by atoms with Crippen LogP contribution in [0.1, 0.15) is 15.9 Å². The smallest absolute Gasteiger partial charge is 0.135 e. The molecule has 13 heavy (non-hydrogen) atoms. The highest BCUT2D eigenvalue weighted by atomic mass is 32.1. The summed E-state index contributed by atoms with van der Waals surface area (Å²) in [6, 6.07) is 1.94. The first kappa shape index (κ1) is 10.5. The van der Waals surface area contributed by atoms with Gasteiger partial charge in [-0.1, -0.05) is 0 Å². The van der Waals surface area contributed by atoms with E-state index in [2.05, 4.69) is 5.32 Å². The number of aliphatic hydroxyl groups is 1. The fourth-order valence-corrected chi connectivity index (χ4v) is 2.16. The zero-order chi connectivity index (χ0) is 9.84. The number of thiophene rings is 1. The molecule has 0 amide bonds.